The van der Waals surface area contributed by atoms with E-state index in [1.54, 1.807) is 0 Å². The maximum absolute atomic E-state index is 12.3. The molecule has 2 nitrogen and oxygen atoms in total. The highest BCUT2D eigenvalue weighted by molar-refractivity contribution is 5.93. The van der Waals surface area contributed by atoms with E-state index in [-0.39, 0.29) is 12.1 Å². The number of benzene rings is 2. The molecular formula is C18H18O2. The minimum Gasteiger partial charge on any atom is -0.460 e. The summed E-state index contributed by atoms with van der Waals surface area (Å²) in [5, 5.41) is 0. The van der Waals surface area contributed by atoms with Gasteiger partial charge in [-0.1, -0.05) is 59.7 Å². The summed E-state index contributed by atoms with van der Waals surface area (Å²) in [5.74, 6) is -0.155. The predicted molar refractivity (Wildman–Crippen MR) is 78.7 cm³/mol. The van der Waals surface area contributed by atoms with Gasteiger partial charge in [0.2, 0.25) is 0 Å². The molecular weight excluding hydrogens is 248 g/mol. The normalized spacial score (nSPS) is 20.1. The molecule has 0 spiro atoms. The van der Waals surface area contributed by atoms with Gasteiger partial charge in [-0.05, 0) is 31.9 Å². The van der Waals surface area contributed by atoms with E-state index < -0.39 is 5.41 Å². The molecule has 1 atom stereocenters. The molecule has 3 rings (SSSR count). The monoisotopic (exact) mass is 266 g/mol. The number of carbonyl (C=O) groups excluding carboxylic acids is 1. The Kier molecular flexibility index (Phi) is 2.89. The van der Waals surface area contributed by atoms with Crippen LogP contribution in [0.5, 0.6) is 0 Å². The maximum Gasteiger partial charge on any atom is 0.325 e. The lowest BCUT2D eigenvalue weighted by Gasteiger charge is -2.46. The molecule has 2 aromatic rings. The van der Waals surface area contributed by atoms with Crippen LogP contribution in [0, 0.1) is 13.8 Å². The maximum atomic E-state index is 12.3. The molecule has 2 aromatic carbocycles. The second-order valence-electron chi connectivity index (χ2n) is 5.59. The largest absolute Gasteiger partial charge is 0.460 e. The van der Waals surface area contributed by atoms with Crippen LogP contribution in [-0.2, 0) is 14.9 Å². The van der Waals surface area contributed by atoms with Crippen LogP contribution in [0.2, 0.25) is 0 Å². The van der Waals surface area contributed by atoms with Crippen molar-refractivity contribution in [3.8, 4) is 0 Å². The molecule has 1 heterocycles. The SMILES string of the molecule is Cc1ccc(C2(c3ccc(C)cc3)C(=O)OC2C)cc1. The summed E-state index contributed by atoms with van der Waals surface area (Å²) in [6.07, 6.45) is -0.139. The van der Waals surface area contributed by atoms with Gasteiger partial charge in [-0.25, -0.2) is 0 Å². The summed E-state index contributed by atoms with van der Waals surface area (Å²) < 4.78 is 5.29. The standard InChI is InChI=1S/C18H18O2/c1-12-4-8-15(9-5-12)18(14(3)20-17(18)19)16-10-6-13(2)7-11-16/h4-11,14H,1-3H3. The molecule has 0 bridgehead atoms. The van der Waals surface area contributed by atoms with Crippen LogP contribution in [-0.4, -0.2) is 12.1 Å². The first-order chi connectivity index (χ1) is 9.55. The second-order valence-corrected chi connectivity index (χ2v) is 5.59. The zero-order valence-corrected chi connectivity index (χ0v) is 12.0. The minimum absolute atomic E-state index is 0.139. The molecule has 0 aliphatic carbocycles. The fourth-order valence-corrected chi connectivity index (χ4v) is 2.95. The number of cyclic esters (lactones) is 1. The molecule has 0 aromatic heterocycles. The molecule has 0 N–H and O–H groups in total. The molecule has 2 heteroatoms. The molecule has 0 saturated carbocycles. The van der Waals surface area contributed by atoms with E-state index >= 15 is 0 Å². The molecule has 1 saturated heterocycles. The van der Waals surface area contributed by atoms with Gasteiger partial charge in [0.25, 0.3) is 0 Å². The summed E-state index contributed by atoms with van der Waals surface area (Å²) in [7, 11) is 0. The van der Waals surface area contributed by atoms with E-state index in [0.29, 0.717) is 0 Å². The number of aryl methyl sites for hydroxylation is 2. The number of carbonyl (C=O) groups is 1. The number of ether oxygens (including phenoxy) is 1. The van der Waals surface area contributed by atoms with Crippen LogP contribution in [0.3, 0.4) is 0 Å². The van der Waals surface area contributed by atoms with Crippen molar-refractivity contribution in [2.24, 2.45) is 0 Å². The van der Waals surface area contributed by atoms with E-state index in [9.17, 15) is 4.79 Å². The molecule has 1 fully saturated rings. The van der Waals surface area contributed by atoms with E-state index in [0.717, 1.165) is 11.1 Å². The van der Waals surface area contributed by atoms with Gasteiger partial charge in [0.1, 0.15) is 6.10 Å². The molecule has 0 amide bonds. The Morgan fingerprint density at radius 3 is 1.55 bits per heavy atom. The van der Waals surface area contributed by atoms with Crippen molar-refractivity contribution in [1.82, 2.24) is 0 Å². The lowest BCUT2D eigenvalue weighted by Crippen LogP contribution is -2.59. The highest BCUT2D eigenvalue weighted by Crippen LogP contribution is 2.45. The number of rotatable bonds is 2. The lowest BCUT2D eigenvalue weighted by molar-refractivity contribution is -0.183. The van der Waals surface area contributed by atoms with Crippen LogP contribution >= 0.6 is 0 Å². The first-order valence-corrected chi connectivity index (χ1v) is 6.90. The number of hydrogen-bond acceptors (Lipinski definition) is 2. The van der Waals surface area contributed by atoms with Crippen molar-refractivity contribution < 1.29 is 9.53 Å². The fourth-order valence-electron chi connectivity index (χ4n) is 2.95. The van der Waals surface area contributed by atoms with E-state index in [1.807, 2.05) is 69.3 Å². The van der Waals surface area contributed by atoms with Crippen molar-refractivity contribution in [1.29, 1.82) is 0 Å². The summed E-state index contributed by atoms with van der Waals surface area (Å²) >= 11 is 0. The molecule has 1 aliphatic rings. The second kappa shape index (κ2) is 4.48. The Balaban J connectivity index is 2.17. The quantitative estimate of drug-likeness (QED) is 0.777. The summed E-state index contributed by atoms with van der Waals surface area (Å²) in [4.78, 5) is 12.3. The van der Waals surface area contributed by atoms with Gasteiger partial charge in [0.15, 0.2) is 5.41 Å². The third-order valence-electron chi connectivity index (χ3n) is 4.23. The fraction of sp³-hybridized carbons (Fsp3) is 0.278. The van der Waals surface area contributed by atoms with Gasteiger partial charge in [-0.15, -0.1) is 0 Å². The van der Waals surface area contributed by atoms with Crippen molar-refractivity contribution in [2.45, 2.75) is 32.3 Å². The van der Waals surface area contributed by atoms with Crippen LogP contribution in [0.1, 0.15) is 29.2 Å². The Labute approximate surface area is 119 Å². The number of hydrogen-bond donors (Lipinski definition) is 0. The minimum atomic E-state index is -0.651. The zero-order chi connectivity index (χ0) is 14.3. The van der Waals surface area contributed by atoms with Crippen LogP contribution in [0.15, 0.2) is 48.5 Å². The third kappa shape index (κ3) is 1.68. The van der Waals surface area contributed by atoms with E-state index in [2.05, 4.69) is 0 Å². The van der Waals surface area contributed by atoms with Gasteiger partial charge in [-0.2, -0.15) is 0 Å². The topological polar surface area (TPSA) is 26.3 Å². The average Bonchev–Trinajstić information content (AvgIpc) is 2.43. The Bertz CT molecular complexity index is 593. The van der Waals surface area contributed by atoms with Gasteiger partial charge in [0.05, 0.1) is 0 Å². The third-order valence-corrected chi connectivity index (χ3v) is 4.23. The summed E-state index contributed by atoms with van der Waals surface area (Å²) in [6, 6.07) is 16.3. The Hall–Kier alpha value is -2.09. The first-order valence-electron chi connectivity index (χ1n) is 6.90. The predicted octanol–water partition coefficient (Wildman–Crippen LogP) is 3.53. The van der Waals surface area contributed by atoms with Gasteiger partial charge in [-0.3, -0.25) is 4.79 Å². The Morgan fingerprint density at radius 1 is 0.850 bits per heavy atom. The first kappa shape index (κ1) is 12.9. The molecule has 1 aliphatic heterocycles. The van der Waals surface area contributed by atoms with Gasteiger partial charge in [0, 0.05) is 0 Å². The van der Waals surface area contributed by atoms with Crippen LogP contribution in [0.25, 0.3) is 0 Å². The summed E-state index contributed by atoms with van der Waals surface area (Å²) in [5.41, 5.74) is 3.74. The van der Waals surface area contributed by atoms with Crippen molar-refractivity contribution in [2.75, 3.05) is 0 Å². The number of esters is 1. The molecule has 20 heavy (non-hydrogen) atoms. The lowest BCUT2D eigenvalue weighted by atomic mass is 9.67. The smallest absolute Gasteiger partial charge is 0.325 e. The van der Waals surface area contributed by atoms with Crippen molar-refractivity contribution >= 4 is 5.97 Å². The van der Waals surface area contributed by atoms with Gasteiger partial charge < -0.3 is 4.74 Å². The van der Waals surface area contributed by atoms with Crippen molar-refractivity contribution in [3.05, 3.63) is 70.8 Å². The van der Waals surface area contributed by atoms with Crippen molar-refractivity contribution in [3.63, 3.8) is 0 Å². The van der Waals surface area contributed by atoms with Crippen LogP contribution in [0.4, 0.5) is 0 Å². The van der Waals surface area contributed by atoms with Crippen LogP contribution < -0.4 is 0 Å². The van der Waals surface area contributed by atoms with Gasteiger partial charge >= 0.3 is 5.97 Å². The summed E-state index contributed by atoms with van der Waals surface area (Å²) in [6.45, 7) is 6.05. The van der Waals surface area contributed by atoms with E-state index in [1.165, 1.54) is 11.1 Å². The highest BCUT2D eigenvalue weighted by Gasteiger charge is 2.58. The molecule has 0 radical (unpaired) electrons. The Morgan fingerprint density at radius 2 is 1.25 bits per heavy atom. The molecule has 1 unspecified atom stereocenters. The average molecular weight is 266 g/mol. The zero-order valence-electron chi connectivity index (χ0n) is 12.0. The highest BCUT2D eigenvalue weighted by atomic mass is 16.6. The van der Waals surface area contributed by atoms with E-state index in [4.69, 9.17) is 4.74 Å². The molecule has 102 valence electrons.